The molecule has 1 aromatic carbocycles. The highest BCUT2D eigenvalue weighted by atomic mass is 19.4. The van der Waals surface area contributed by atoms with Gasteiger partial charge in [-0.3, -0.25) is 4.99 Å². The van der Waals surface area contributed by atoms with Crippen LogP contribution in [-0.2, 0) is 6.18 Å². The molecule has 0 amide bonds. The number of guanidine groups is 1. The monoisotopic (exact) mass is 263 g/mol. The van der Waals surface area contributed by atoms with Gasteiger partial charge in [0.05, 0.1) is 5.56 Å². The van der Waals surface area contributed by atoms with E-state index in [4.69, 9.17) is 5.73 Å². The summed E-state index contributed by atoms with van der Waals surface area (Å²) in [5.74, 6) is -1.33. The second kappa shape index (κ2) is 5.70. The number of nitrogens with zero attached hydrogens (tertiary/aromatic N) is 1. The van der Waals surface area contributed by atoms with Crippen LogP contribution < -0.4 is 11.1 Å². The van der Waals surface area contributed by atoms with Gasteiger partial charge in [0.25, 0.3) is 0 Å². The van der Waals surface area contributed by atoms with Gasteiger partial charge in [0.2, 0.25) is 0 Å². The van der Waals surface area contributed by atoms with Crippen LogP contribution in [0.25, 0.3) is 0 Å². The normalized spacial score (nSPS) is 12.6. The number of nitrogens with one attached hydrogen (secondary N) is 1. The summed E-state index contributed by atoms with van der Waals surface area (Å²) < 4.78 is 50.3. The lowest BCUT2D eigenvalue weighted by Crippen LogP contribution is -2.23. The molecule has 1 aromatic rings. The molecule has 18 heavy (non-hydrogen) atoms. The molecule has 0 radical (unpaired) electrons. The van der Waals surface area contributed by atoms with Crippen molar-refractivity contribution in [3.63, 3.8) is 0 Å². The van der Waals surface area contributed by atoms with Crippen LogP contribution in [0.3, 0.4) is 0 Å². The van der Waals surface area contributed by atoms with Crippen LogP contribution in [0.1, 0.15) is 18.9 Å². The van der Waals surface area contributed by atoms with Gasteiger partial charge in [-0.25, -0.2) is 4.39 Å². The van der Waals surface area contributed by atoms with Gasteiger partial charge in [0.1, 0.15) is 5.82 Å². The second-order valence-electron chi connectivity index (χ2n) is 3.58. The van der Waals surface area contributed by atoms with E-state index in [1.165, 1.54) is 6.07 Å². The van der Waals surface area contributed by atoms with Crippen molar-refractivity contribution in [3.8, 4) is 0 Å². The van der Waals surface area contributed by atoms with Crippen molar-refractivity contribution in [1.82, 2.24) is 0 Å². The van der Waals surface area contributed by atoms with Crippen molar-refractivity contribution in [2.45, 2.75) is 19.5 Å². The Kier molecular flexibility index (Phi) is 4.52. The Morgan fingerprint density at radius 2 is 2.06 bits per heavy atom. The van der Waals surface area contributed by atoms with Gasteiger partial charge in [-0.15, -0.1) is 0 Å². The molecule has 0 aliphatic carbocycles. The molecule has 0 heterocycles. The minimum atomic E-state index is -4.74. The van der Waals surface area contributed by atoms with Crippen LogP contribution in [0, 0.1) is 5.82 Å². The molecule has 0 spiro atoms. The van der Waals surface area contributed by atoms with Gasteiger partial charge >= 0.3 is 6.18 Å². The number of halogens is 4. The molecule has 0 aromatic heterocycles. The van der Waals surface area contributed by atoms with Crippen LogP contribution in [-0.4, -0.2) is 12.5 Å². The first-order valence-electron chi connectivity index (χ1n) is 5.28. The minimum absolute atomic E-state index is 0.00316. The van der Waals surface area contributed by atoms with Crippen molar-refractivity contribution in [3.05, 3.63) is 29.6 Å². The van der Waals surface area contributed by atoms with E-state index in [0.717, 1.165) is 12.5 Å². The van der Waals surface area contributed by atoms with E-state index >= 15 is 0 Å². The molecule has 3 nitrogen and oxygen atoms in total. The Balaban J connectivity index is 2.92. The summed E-state index contributed by atoms with van der Waals surface area (Å²) in [4.78, 5) is 3.86. The topological polar surface area (TPSA) is 50.4 Å². The summed E-state index contributed by atoms with van der Waals surface area (Å²) in [5, 5.41) is 2.48. The van der Waals surface area contributed by atoms with Gasteiger partial charge in [0, 0.05) is 12.2 Å². The van der Waals surface area contributed by atoms with Gasteiger partial charge in [-0.1, -0.05) is 6.92 Å². The number of rotatable bonds is 3. The number of aliphatic imine (C=N–C) groups is 1. The summed E-state index contributed by atoms with van der Waals surface area (Å²) in [5.41, 5.74) is 4.16. The Bertz CT molecular complexity index is 440. The molecule has 0 atom stereocenters. The fourth-order valence-electron chi connectivity index (χ4n) is 1.24. The number of hydrogen-bond acceptors (Lipinski definition) is 1. The van der Waals surface area contributed by atoms with E-state index in [9.17, 15) is 17.6 Å². The lowest BCUT2D eigenvalue weighted by molar-refractivity contribution is -0.139. The summed E-state index contributed by atoms with van der Waals surface area (Å²) >= 11 is 0. The van der Waals surface area contributed by atoms with Crippen LogP contribution in [0.5, 0.6) is 0 Å². The first-order chi connectivity index (χ1) is 8.34. The molecule has 1 rings (SSSR count). The first kappa shape index (κ1) is 14.3. The molecule has 0 aliphatic rings. The second-order valence-corrected chi connectivity index (χ2v) is 3.58. The maximum absolute atomic E-state index is 13.0. The van der Waals surface area contributed by atoms with Crippen molar-refractivity contribution < 1.29 is 17.6 Å². The number of benzene rings is 1. The van der Waals surface area contributed by atoms with Gasteiger partial charge < -0.3 is 11.1 Å². The zero-order valence-corrected chi connectivity index (χ0v) is 9.68. The predicted molar refractivity (Wildman–Crippen MR) is 61.8 cm³/mol. The number of anilines is 1. The summed E-state index contributed by atoms with van der Waals surface area (Å²) in [6.45, 7) is 2.35. The molecule has 3 N–H and O–H groups in total. The Labute approximate surface area is 102 Å². The number of nitrogens with two attached hydrogens (primary N) is 1. The van der Waals surface area contributed by atoms with Crippen LogP contribution >= 0.6 is 0 Å². The van der Waals surface area contributed by atoms with E-state index < -0.39 is 17.6 Å². The Hall–Kier alpha value is -1.79. The average molecular weight is 263 g/mol. The SMILES string of the molecule is CCCN=C(N)Nc1ccc(F)c(C(F)(F)F)c1. The average Bonchev–Trinajstić information content (AvgIpc) is 2.27. The third-order valence-electron chi connectivity index (χ3n) is 2.05. The summed E-state index contributed by atoms with van der Waals surface area (Å²) in [6.07, 6.45) is -3.98. The molecule has 0 fully saturated rings. The Morgan fingerprint density at radius 3 is 2.61 bits per heavy atom. The summed E-state index contributed by atoms with van der Waals surface area (Å²) in [7, 11) is 0. The largest absolute Gasteiger partial charge is 0.419 e. The molecule has 100 valence electrons. The highest BCUT2D eigenvalue weighted by Crippen LogP contribution is 2.32. The zero-order valence-electron chi connectivity index (χ0n) is 9.68. The van der Waals surface area contributed by atoms with Crippen LogP contribution in [0.4, 0.5) is 23.2 Å². The minimum Gasteiger partial charge on any atom is -0.370 e. The fraction of sp³-hybridized carbons (Fsp3) is 0.364. The molecule has 0 bridgehead atoms. The maximum Gasteiger partial charge on any atom is 0.419 e. The zero-order chi connectivity index (χ0) is 13.8. The predicted octanol–water partition coefficient (Wildman–Crippen LogP) is 2.98. The third-order valence-corrected chi connectivity index (χ3v) is 2.05. The number of alkyl halides is 3. The van der Waals surface area contributed by atoms with Gasteiger partial charge in [-0.2, -0.15) is 13.2 Å². The van der Waals surface area contributed by atoms with Crippen molar-refractivity contribution in [1.29, 1.82) is 0 Å². The van der Waals surface area contributed by atoms with E-state index in [1.54, 1.807) is 0 Å². The smallest absolute Gasteiger partial charge is 0.370 e. The molecular weight excluding hydrogens is 250 g/mol. The van der Waals surface area contributed by atoms with Gasteiger partial charge in [0.15, 0.2) is 5.96 Å². The lowest BCUT2D eigenvalue weighted by atomic mass is 10.2. The molecule has 0 aliphatic heterocycles. The van der Waals surface area contributed by atoms with Crippen molar-refractivity contribution in [2.75, 3.05) is 11.9 Å². The van der Waals surface area contributed by atoms with E-state index in [-0.39, 0.29) is 11.6 Å². The van der Waals surface area contributed by atoms with E-state index in [0.29, 0.717) is 12.6 Å². The van der Waals surface area contributed by atoms with Crippen LogP contribution in [0.15, 0.2) is 23.2 Å². The standard InChI is InChI=1S/C11H13F4N3/c1-2-5-17-10(16)18-7-3-4-9(12)8(6-7)11(13,14)15/h3-4,6H,2,5H2,1H3,(H3,16,17,18). The Morgan fingerprint density at radius 1 is 1.39 bits per heavy atom. The van der Waals surface area contributed by atoms with Crippen molar-refractivity contribution >= 4 is 11.6 Å². The molecule has 0 unspecified atom stereocenters. The highest BCUT2D eigenvalue weighted by Gasteiger charge is 2.34. The third kappa shape index (κ3) is 3.90. The molecule has 0 saturated carbocycles. The highest BCUT2D eigenvalue weighted by molar-refractivity contribution is 5.92. The maximum atomic E-state index is 13.0. The lowest BCUT2D eigenvalue weighted by Gasteiger charge is -2.11. The van der Waals surface area contributed by atoms with Crippen molar-refractivity contribution in [2.24, 2.45) is 10.7 Å². The molecular formula is C11H13F4N3. The van der Waals surface area contributed by atoms with Crippen LogP contribution in [0.2, 0.25) is 0 Å². The van der Waals surface area contributed by atoms with Gasteiger partial charge in [-0.05, 0) is 24.6 Å². The fourth-order valence-corrected chi connectivity index (χ4v) is 1.24. The number of hydrogen-bond donors (Lipinski definition) is 2. The first-order valence-corrected chi connectivity index (χ1v) is 5.28. The summed E-state index contributed by atoms with van der Waals surface area (Å²) in [6, 6.07) is 2.56. The van der Waals surface area contributed by atoms with E-state index in [2.05, 4.69) is 10.3 Å². The quantitative estimate of drug-likeness (QED) is 0.500. The van der Waals surface area contributed by atoms with E-state index in [1.807, 2.05) is 6.92 Å². The molecule has 0 saturated heterocycles. The molecule has 7 heteroatoms.